The number of pyridine rings is 1. The van der Waals surface area contributed by atoms with Crippen molar-refractivity contribution in [2.75, 3.05) is 0 Å². The van der Waals surface area contributed by atoms with Gasteiger partial charge in [-0.3, -0.25) is 9.78 Å². The molecule has 0 bridgehead atoms. The molecule has 1 heterocycles. The van der Waals surface area contributed by atoms with Gasteiger partial charge < -0.3 is 5.32 Å². The highest BCUT2D eigenvalue weighted by Crippen LogP contribution is 2.30. The van der Waals surface area contributed by atoms with E-state index in [0.717, 1.165) is 16.3 Å². The summed E-state index contributed by atoms with van der Waals surface area (Å²) in [6.07, 6.45) is 3.67. The van der Waals surface area contributed by atoms with Crippen LogP contribution in [0.3, 0.4) is 0 Å². The van der Waals surface area contributed by atoms with E-state index in [1.165, 1.54) is 23.6 Å². The molecule has 3 heteroatoms. The first-order valence-electron chi connectivity index (χ1n) is 7.32. The predicted octanol–water partition coefficient (Wildman–Crippen LogP) is 3.85. The average Bonchev–Trinajstić information content (AvgIpc) is 2.53. The molecule has 0 aliphatic heterocycles. The Bertz CT molecular complexity index is 822. The van der Waals surface area contributed by atoms with Crippen LogP contribution in [0, 0.1) is 6.92 Å². The highest BCUT2D eigenvalue weighted by molar-refractivity contribution is 5.98. The van der Waals surface area contributed by atoms with Crippen LogP contribution in [0.15, 0.2) is 54.9 Å². The molecule has 22 heavy (non-hydrogen) atoms. The molecule has 110 valence electrons. The van der Waals surface area contributed by atoms with Crippen molar-refractivity contribution >= 4 is 16.7 Å². The number of carbonyl (C=O) groups is 1. The molecular formula is C19H18N2O. The van der Waals surface area contributed by atoms with Crippen LogP contribution in [-0.2, 0) is 11.3 Å². The number of hydrogen-bond acceptors (Lipinski definition) is 2. The third-order valence-electron chi connectivity index (χ3n) is 3.80. The summed E-state index contributed by atoms with van der Waals surface area (Å²) in [6, 6.07) is 14.7. The van der Waals surface area contributed by atoms with E-state index in [1.807, 2.05) is 18.5 Å². The zero-order valence-electron chi connectivity index (χ0n) is 12.8. The molecule has 0 aliphatic carbocycles. The lowest BCUT2D eigenvalue weighted by Crippen LogP contribution is -2.19. The number of nitrogens with zero attached hydrogens (tertiary/aromatic N) is 1. The molecule has 3 rings (SSSR count). The molecule has 0 unspecified atom stereocenters. The van der Waals surface area contributed by atoms with Gasteiger partial charge in [-0.25, -0.2) is 0 Å². The molecule has 2 aromatic carbocycles. The number of benzene rings is 2. The number of carbonyl (C=O) groups excluding carboxylic acids is 1. The molecule has 0 spiro atoms. The van der Waals surface area contributed by atoms with Crippen molar-refractivity contribution < 1.29 is 4.79 Å². The van der Waals surface area contributed by atoms with Crippen LogP contribution < -0.4 is 5.32 Å². The first-order chi connectivity index (χ1) is 10.6. The third kappa shape index (κ3) is 2.84. The molecule has 3 aromatic rings. The van der Waals surface area contributed by atoms with Crippen molar-refractivity contribution in [3.63, 3.8) is 0 Å². The summed E-state index contributed by atoms with van der Waals surface area (Å²) in [6.45, 7) is 4.13. The molecule has 1 amide bonds. The quantitative estimate of drug-likeness (QED) is 0.796. The summed E-state index contributed by atoms with van der Waals surface area (Å²) in [4.78, 5) is 15.4. The van der Waals surface area contributed by atoms with Crippen LogP contribution in [0.25, 0.3) is 21.9 Å². The number of aromatic nitrogens is 1. The van der Waals surface area contributed by atoms with Crippen LogP contribution >= 0.6 is 0 Å². The Hall–Kier alpha value is -2.68. The second-order valence-electron chi connectivity index (χ2n) is 5.47. The van der Waals surface area contributed by atoms with E-state index in [-0.39, 0.29) is 5.91 Å². The van der Waals surface area contributed by atoms with Crippen molar-refractivity contribution in [1.29, 1.82) is 0 Å². The van der Waals surface area contributed by atoms with E-state index in [9.17, 15) is 4.79 Å². The van der Waals surface area contributed by atoms with Gasteiger partial charge in [0.05, 0.1) is 0 Å². The van der Waals surface area contributed by atoms with Gasteiger partial charge in [-0.1, -0.05) is 42.0 Å². The zero-order valence-corrected chi connectivity index (χ0v) is 12.8. The number of aryl methyl sites for hydroxylation is 1. The lowest BCUT2D eigenvalue weighted by atomic mass is 9.96. The van der Waals surface area contributed by atoms with Gasteiger partial charge in [0, 0.05) is 31.2 Å². The van der Waals surface area contributed by atoms with Crippen LogP contribution in [0.1, 0.15) is 18.1 Å². The molecule has 0 aliphatic rings. The van der Waals surface area contributed by atoms with Crippen LogP contribution in [0.4, 0.5) is 0 Å². The smallest absolute Gasteiger partial charge is 0.217 e. The summed E-state index contributed by atoms with van der Waals surface area (Å²) in [5, 5.41) is 5.09. The minimum Gasteiger partial charge on any atom is -0.352 e. The molecule has 0 saturated heterocycles. The Balaban J connectivity index is 2.11. The zero-order chi connectivity index (χ0) is 15.5. The number of rotatable bonds is 3. The number of amides is 1. The second kappa shape index (κ2) is 5.98. The molecule has 0 radical (unpaired) electrons. The molecule has 3 nitrogen and oxygen atoms in total. The summed E-state index contributed by atoms with van der Waals surface area (Å²) < 4.78 is 0. The maximum Gasteiger partial charge on any atom is 0.217 e. The van der Waals surface area contributed by atoms with Gasteiger partial charge in [0.1, 0.15) is 0 Å². The Labute approximate surface area is 130 Å². The van der Waals surface area contributed by atoms with Crippen molar-refractivity contribution in [2.45, 2.75) is 20.4 Å². The van der Waals surface area contributed by atoms with Crippen molar-refractivity contribution in [3.05, 3.63) is 66.0 Å². The first-order valence-corrected chi connectivity index (χ1v) is 7.32. The number of hydrogen-bond donors (Lipinski definition) is 1. The summed E-state index contributed by atoms with van der Waals surface area (Å²) in [5.74, 6) is -0.0281. The largest absolute Gasteiger partial charge is 0.352 e. The number of nitrogens with one attached hydrogen (secondary N) is 1. The molecule has 0 fully saturated rings. The van der Waals surface area contributed by atoms with Crippen molar-refractivity contribution in [2.24, 2.45) is 0 Å². The summed E-state index contributed by atoms with van der Waals surface area (Å²) in [5.41, 5.74) is 4.70. The Morgan fingerprint density at radius 1 is 1.05 bits per heavy atom. The van der Waals surface area contributed by atoms with Gasteiger partial charge in [0.15, 0.2) is 0 Å². The normalized spacial score (nSPS) is 10.6. The van der Waals surface area contributed by atoms with Crippen LogP contribution in [-0.4, -0.2) is 10.9 Å². The second-order valence-corrected chi connectivity index (χ2v) is 5.47. The maximum atomic E-state index is 11.1. The minimum atomic E-state index is -0.0281. The van der Waals surface area contributed by atoms with E-state index in [0.29, 0.717) is 6.54 Å². The molecule has 1 N–H and O–H groups in total. The van der Waals surface area contributed by atoms with E-state index >= 15 is 0 Å². The molecule has 0 saturated carbocycles. The maximum absolute atomic E-state index is 11.1. The van der Waals surface area contributed by atoms with Gasteiger partial charge in [-0.15, -0.1) is 0 Å². The highest BCUT2D eigenvalue weighted by Gasteiger charge is 2.08. The van der Waals surface area contributed by atoms with E-state index in [4.69, 9.17) is 0 Å². The van der Waals surface area contributed by atoms with Crippen LogP contribution in [0.5, 0.6) is 0 Å². The van der Waals surface area contributed by atoms with Crippen molar-refractivity contribution in [3.8, 4) is 11.1 Å². The van der Waals surface area contributed by atoms with Crippen LogP contribution in [0.2, 0.25) is 0 Å². The lowest BCUT2D eigenvalue weighted by Gasteiger charge is -2.12. The predicted molar refractivity (Wildman–Crippen MR) is 89.4 cm³/mol. The van der Waals surface area contributed by atoms with E-state index < -0.39 is 0 Å². The number of fused-ring (bicyclic) bond motifs is 1. The Morgan fingerprint density at radius 3 is 2.55 bits per heavy atom. The van der Waals surface area contributed by atoms with Gasteiger partial charge in [0.25, 0.3) is 0 Å². The minimum absolute atomic E-state index is 0.0281. The summed E-state index contributed by atoms with van der Waals surface area (Å²) in [7, 11) is 0. The molecule has 1 aromatic heterocycles. The topological polar surface area (TPSA) is 42.0 Å². The van der Waals surface area contributed by atoms with Gasteiger partial charge in [-0.05, 0) is 35.1 Å². The van der Waals surface area contributed by atoms with Crippen molar-refractivity contribution in [1.82, 2.24) is 10.3 Å². The fourth-order valence-electron chi connectivity index (χ4n) is 2.61. The Morgan fingerprint density at radius 2 is 1.82 bits per heavy atom. The van der Waals surface area contributed by atoms with Gasteiger partial charge in [0.2, 0.25) is 5.91 Å². The molecule has 0 atom stereocenters. The molecular weight excluding hydrogens is 272 g/mol. The van der Waals surface area contributed by atoms with Gasteiger partial charge in [-0.2, -0.15) is 0 Å². The highest BCUT2D eigenvalue weighted by atomic mass is 16.1. The van der Waals surface area contributed by atoms with E-state index in [2.05, 4.69) is 53.6 Å². The van der Waals surface area contributed by atoms with Gasteiger partial charge >= 0.3 is 0 Å². The van der Waals surface area contributed by atoms with E-state index in [1.54, 1.807) is 0 Å². The standard InChI is InChI=1S/C19H18N2O/c1-13-3-5-15(6-4-13)17-8-7-16(11-21-14(2)22)19-12-20-10-9-18(17)19/h3-10,12H,11H2,1-2H3,(H,21,22). The average molecular weight is 290 g/mol. The first kappa shape index (κ1) is 14.3. The fraction of sp³-hybridized carbons (Fsp3) is 0.158. The third-order valence-corrected chi connectivity index (χ3v) is 3.80. The Kier molecular flexibility index (Phi) is 3.88. The fourth-order valence-corrected chi connectivity index (χ4v) is 2.61. The SMILES string of the molecule is CC(=O)NCc1ccc(-c2ccc(C)cc2)c2ccncc12. The monoisotopic (exact) mass is 290 g/mol. The lowest BCUT2D eigenvalue weighted by molar-refractivity contribution is -0.119. The summed E-state index contributed by atoms with van der Waals surface area (Å²) >= 11 is 0.